The molecule has 170 valence electrons. The Kier molecular flexibility index (Phi) is 5.82. The first-order chi connectivity index (χ1) is 15.5. The number of aromatic nitrogens is 1. The average molecular weight is 493 g/mol. The topological polar surface area (TPSA) is 83.1 Å². The Balaban J connectivity index is 1.26. The summed E-state index contributed by atoms with van der Waals surface area (Å²) < 4.78 is 34.1. The normalized spacial score (nSPS) is 20.2. The van der Waals surface area contributed by atoms with E-state index in [9.17, 15) is 13.2 Å². The summed E-state index contributed by atoms with van der Waals surface area (Å²) in [4.78, 5) is 22.0. The molecule has 5 rings (SSSR count). The monoisotopic (exact) mass is 492 g/mol. The highest BCUT2D eigenvalue weighted by Gasteiger charge is 2.42. The lowest BCUT2D eigenvalue weighted by Crippen LogP contribution is -2.54. The Bertz CT molecular complexity index is 1220. The minimum Gasteiger partial charge on any atom is -0.497 e. The first-order valence-corrected chi connectivity index (χ1v) is 13.6. The van der Waals surface area contributed by atoms with E-state index in [4.69, 9.17) is 9.72 Å². The lowest BCUT2D eigenvalue weighted by molar-refractivity contribution is -0.134. The van der Waals surface area contributed by atoms with Crippen LogP contribution in [0.5, 0.6) is 5.75 Å². The molecule has 3 aromatic rings. The number of anilines is 1. The molecule has 0 radical (unpaired) electrons. The van der Waals surface area contributed by atoms with Crippen molar-refractivity contribution in [3.8, 4) is 5.75 Å². The van der Waals surface area contributed by atoms with Gasteiger partial charge in [0.15, 0.2) is 5.13 Å². The van der Waals surface area contributed by atoms with E-state index >= 15 is 0 Å². The number of carbonyl (C=O) groups is 1. The number of hydrogen-bond donors (Lipinski definition) is 0. The maximum absolute atomic E-state index is 13.3. The van der Waals surface area contributed by atoms with Crippen LogP contribution in [0, 0.1) is 0 Å². The maximum Gasteiger partial charge on any atom is 0.253 e. The Labute approximate surface area is 195 Å². The van der Waals surface area contributed by atoms with Gasteiger partial charge in [-0.2, -0.15) is 4.31 Å². The number of rotatable bonds is 5. The number of thiophene rings is 1. The quantitative estimate of drug-likeness (QED) is 0.545. The van der Waals surface area contributed by atoms with Crippen molar-refractivity contribution in [1.29, 1.82) is 0 Å². The van der Waals surface area contributed by atoms with Crippen LogP contribution in [0.25, 0.3) is 10.2 Å². The van der Waals surface area contributed by atoms with Gasteiger partial charge in [-0.05, 0) is 42.5 Å². The molecule has 0 saturated carbocycles. The van der Waals surface area contributed by atoms with Gasteiger partial charge in [0.25, 0.3) is 10.0 Å². The highest BCUT2D eigenvalue weighted by molar-refractivity contribution is 7.91. The molecule has 0 aliphatic carbocycles. The first-order valence-electron chi connectivity index (χ1n) is 10.5. The maximum atomic E-state index is 13.3. The van der Waals surface area contributed by atoms with Gasteiger partial charge in [0.2, 0.25) is 5.91 Å². The van der Waals surface area contributed by atoms with Crippen molar-refractivity contribution >= 4 is 54.0 Å². The van der Waals surface area contributed by atoms with Crippen LogP contribution in [-0.2, 0) is 14.8 Å². The SMILES string of the molecule is COc1ccc2nc(N3CCN(C(=O)[C@@H]4CCCN4S(=O)(=O)c4cccs4)CC3)sc2c1. The fraction of sp³-hybridized carbons (Fsp3) is 0.429. The van der Waals surface area contributed by atoms with E-state index in [1.807, 2.05) is 18.2 Å². The number of nitrogens with zero attached hydrogens (tertiary/aromatic N) is 4. The number of piperazine rings is 1. The van der Waals surface area contributed by atoms with Crippen molar-refractivity contribution in [2.24, 2.45) is 0 Å². The van der Waals surface area contributed by atoms with Crippen molar-refractivity contribution < 1.29 is 17.9 Å². The Morgan fingerprint density at radius 3 is 2.69 bits per heavy atom. The fourth-order valence-electron chi connectivity index (χ4n) is 4.28. The molecule has 0 N–H and O–H groups in total. The van der Waals surface area contributed by atoms with Crippen molar-refractivity contribution in [1.82, 2.24) is 14.2 Å². The van der Waals surface area contributed by atoms with Crippen LogP contribution in [0.4, 0.5) is 5.13 Å². The van der Waals surface area contributed by atoms with Gasteiger partial charge in [-0.15, -0.1) is 11.3 Å². The molecule has 2 aliphatic heterocycles. The van der Waals surface area contributed by atoms with Crippen molar-refractivity contribution in [2.45, 2.75) is 23.1 Å². The van der Waals surface area contributed by atoms with Crippen LogP contribution in [-0.4, -0.2) is 74.4 Å². The number of thiazole rings is 1. The van der Waals surface area contributed by atoms with Gasteiger partial charge in [-0.1, -0.05) is 17.4 Å². The van der Waals surface area contributed by atoms with Crippen LogP contribution in [0.3, 0.4) is 0 Å². The molecule has 11 heteroatoms. The Morgan fingerprint density at radius 2 is 1.97 bits per heavy atom. The highest BCUT2D eigenvalue weighted by atomic mass is 32.2. The smallest absolute Gasteiger partial charge is 0.253 e. The molecule has 0 unspecified atom stereocenters. The fourth-order valence-corrected chi connectivity index (χ4v) is 8.10. The standard InChI is InChI=1S/C21H24N4O4S3/c1-29-15-6-7-16-18(14-15)31-21(22-16)24-11-9-23(10-12-24)20(26)17-4-2-8-25(17)32(27,28)19-5-3-13-30-19/h3,5-7,13-14,17H,2,4,8-12H2,1H3/t17-/m0/s1. The molecular weight excluding hydrogens is 468 g/mol. The van der Waals surface area contributed by atoms with Gasteiger partial charge in [0, 0.05) is 32.7 Å². The number of benzene rings is 1. The highest BCUT2D eigenvalue weighted by Crippen LogP contribution is 2.33. The van der Waals surface area contributed by atoms with Gasteiger partial charge in [-0.3, -0.25) is 4.79 Å². The van der Waals surface area contributed by atoms with Crippen LogP contribution in [0.2, 0.25) is 0 Å². The Hall–Kier alpha value is -2.21. The molecule has 1 amide bonds. The molecular formula is C21H24N4O4S3. The summed E-state index contributed by atoms with van der Waals surface area (Å²) in [6.07, 6.45) is 1.28. The first kappa shape index (κ1) is 21.6. The third kappa shape index (κ3) is 3.87. The third-order valence-electron chi connectivity index (χ3n) is 5.99. The lowest BCUT2D eigenvalue weighted by Gasteiger charge is -2.37. The summed E-state index contributed by atoms with van der Waals surface area (Å²) in [7, 11) is -1.98. The van der Waals surface area contributed by atoms with E-state index in [2.05, 4.69) is 4.90 Å². The number of fused-ring (bicyclic) bond motifs is 1. The van der Waals surface area contributed by atoms with E-state index in [-0.39, 0.29) is 5.91 Å². The van der Waals surface area contributed by atoms with E-state index in [1.54, 1.807) is 40.9 Å². The van der Waals surface area contributed by atoms with Crippen molar-refractivity contribution in [3.05, 3.63) is 35.7 Å². The molecule has 32 heavy (non-hydrogen) atoms. The Morgan fingerprint density at radius 1 is 1.16 bits per heavy atom. The van der Waals surface area contributed by atoms with Crippen LogP contribution in [0.15, 0.2) is 39.9 Å². The third-order valence-corrected chi connectivity index (χ3v) is 10.4. The number of methoxy groups -OCH3 is 1. The lowest BCUT2D eigenvalue weighted by atomic mass is 10.2. The van der Waals surface area contributed by atoms with Crippen molar-refractivity contribution in [3.63, 3.8) is 0 Å². The molecule has 2 aromatic heterocycles. The van der Waals surface area contributed by atoms with E-state index in [1.165, 1.54) is 15.6 Å². The molecule has 2 aliphatic rings. The molecule has 1 atom stereocenters. The van der Waals surface area contributed by atoms with Gasteiger partial charge < -0.3 is 14.5 Å². The minimum absolute atomic E-state index is 0.0867. The second-order valence-electron chi connectivity index (χ2n) is 7.85. The zero-order valence-electron chi connectivity index (χ0n) is 17.6. The zero-order chi connectivity index (χ0) is 22.3. The number of ether oxygens (including phenoxy) is 1. The van der Waals surface area contributed by atoms with E-state index < -0.39 is 16.1 Å². The summed E-state index contributed by atoms with van der Waals surface area (Å²) in [5.41, 5.74) is 0.935. The summed E-state index contributed by atoms with van der Waals surface area (Å²) >= 11 is 2.81. The molecule has 1 aromatic carbocycles. The largest absolute Gasteiger partial charge is 0.497 e. The van der Waals surface area contributed by atoms with Crippen LogP contribution >= 0.6 is 22.7 Å². The summed E-state index contributed by atoms with van der Waals surface area (Å²) in [5.74, 6) is 0.720. The van der Waals surface area contributed by atoms with Crippen molar-refractivity contribution in [2.75, 3.05) is 44.7 Å². The molecule has 2 fully saturated rings. The second kappa shape index (κ2) is 8.62. The van der Waals surface area contributed by atoms with E-state index in [0.29, 0.717) is 49.8 Å². The number of sulfonamides is 1. The van der Waals surface area contributed by atoms with E-state index in [0.717, 1.165) is 21.1 Å². The van der Waals surface area contributed by atoms with Gasteiger partial charge >= 0.3 is 0 Å². The molecule has 0 bridgehead atoms. The summed E-state index contributed by atoms with van der Waals surface area (Å²) in [5, 5.41) is 2.68. The molecule has 2 saturated heterocycles. The number of amides is 1. The van der Waals surface area contributed by atoms with Gasteiger partial charge in [-0.25, -0.2) is 13.4 Å². The molecule has 0 spiro atoms. The summed E-state index contributed by atoms with van der Waals surface area (Å²) in [6.45, 7) is 2.86. The predicted octanol–water partition coefficient (Wildman–Crippen LogP) is 2.87. The molecule has 8 nitrogen and oxygen atoms in total. The molecule has 4 heterocycles. The second-order valence-corrected chi connectivity index (χ2v) is 11.9. The summed E-state index contributed by atoms with van der Waals surface area (Å²) in [6, 6.07) is 8.56. The minimum atomic E-state index is -3.63. The van der Waals surface area contributed by atoms with Crippen LogP contribution in [0.1, 0.15) is 12.8 Å². The zero-order valence-corrected chi connectivity index (χ0v) is 20.1. The predicted molar refractivity (Wildman–Crippen MR) is 126 cm³/mol. The van der Waals surface area contributed by atoms with Crippen LogP contribution < -0.4 is 9.64 Å². The van der Waals surface area contributed by atoms with Gasteiger partial charge in [0.05, 0.1) is 17.3 Å². The average Bonchev–Trinajstić information content (AvgIpc) is 3.58. The number of hydrogen-bond acceptors (Lipinski definition) is 8. The number of carbonyl (C=O) groups excluding carboxylic acids is 1. The van der Waals surface area contributed by atoms with Gasteiger partial charge in [0.1, 0.15) is 16.0 Å².